The Balaban J connectivity index is 0.759. The van der Waals surface area contributed by atoms with E-state index in [2.05, 4.69) is 56.2 Å². The molecule has 12 nitrogen and oxygen atoms in total. The number of aryl methyl sites for hydroxylation is 2. The minimum absolute atomic E-state index is 0.0139. The Bertz CT molecular complexity index is 2630. The molecule has 2 fully saturated rings. The van der Waals surface area contributed by atoms with Crippen molar-refractivity contribution in [3.63, 3.8) is 0 Å². The van der Waals surface area contributed by atoms with Crippen LogP contribution in [-0.2, 0) is 33.8 Å². The third kappa shape index (κ3) is 8.95. The number of likely N-dealkylation sites (tertiary alicyclic amines) is 1. The summed E-state index contributed by atoms with van der Waals surface area (Å²) in [5.41, 5.74) is 8.06. The number of hydrogen-bond donors (Lipinski definition) is 4. The molecule has 4 aliphatic heterocycles. The van der Waals surface area contributed by atoms with Gasteiger partial charge in [-0.15, -0.1) is 11.8 Å². The Morgan fingerprint density at radius 3 is 2.52 bits per heavy atom. The van der Waals surface area contributed by atoms with Crippen molar-refractivity contribution >= 4 is 52.7 Å². The zero-order chi connectivity index (χ0) is 44.3. The van der Waals surface area contributed by atoms with Gasteiger partial charge in [0.15, 0.2) is 0 Å². The van der Waals surface area contributed by atoms with Crippen molar-refractivity contribution in [2.24, 2.45) is 5.92 Å². The van der Waals surface area contributed by atoms with Crippen LogP contribution in [0.1, 0.15) is 87.5 Å². The Hall–Kier alpha value is -6.22. The second kappa shape index (κ2) is 18.9. The van der Waals surface area contributed by atoms with Gasteiger partial charge >= 0.3 is 0 Å². The van der Waals surface area contributed by atoms with Gasteiger partial charge in [0.1, 0.15) is 11.9 Å². The first-order chi connectivity index (χ1) is 31.1. The number of aliphatic hydroxyl groups excluding tert-OH is 1. The summed E-state index contributed by atoms with van der Waals surface area (Å²) in [5.74, 6) is -1.70. The number of carbonyl (C=O) groups is 5. The maximum Gasteiger partial charge on any atom is 0.263 e. The monoisotopic (exact) mass is 880 g/mol. The zero-order valence-corrected chi connectivity index (χ0v) is 36.0. The molecule has 4 aromatic carbocycles. The zero-order valence-electron chi connectivity index (χ0n) is 35.2. The minimum Gasteiger partial charge on any atom is -0.394 e. The van der Waals surface area contributed by atoms with Gasteiger partial charge in [0.25, 0.3) is 11.8 Å². The first-order valence-electron chi connectivity index (χ1n) is 21.9. The number of fused-ring (bicyclic) bond motifs is 4. The smallest absolute Gasteiger partial charge is 0.263 e. The number of piperidine rings is 1. The molecule has 1 aromatic heterocycles. The van der Waals surface area contributed by atoms with Gasteiger partial charge in [-0.25, -0.2) is 4.39 Å². The third-order valence-electron chi connectivity index (χ3n) is 12.9. The molecule has 0 bridgehead atoms. The quantitative estimate of drug-likeness (QED) is 0.0477. The highest BCUT2D eigenvalue weighted by Gasteiger charge is 2.46. The van der Waals surface area contributed by atoms with Crippen LogP contribution in [0.25, 0.3) is 11.1 Å². The van der Waals surface area contributed by atoms with E-state index in [1.807, 2.05) is 42.7 Å². The van der Waals surface area contributed by atoms with Gasteiger partial charge < -0.3 is 15.7 Å². The highest BCUT2D eigenvalue weighted by Crippen LogP contribution is 2.48. The van der Waals surface area contributed by atoms with Crippen molar-refractivity contribution in [3.05, 3.63) is 143 Å². The molecule has 9 rings (SSSR count). The van der Waals surface area contributed by atoms with Gasteiger partial charge in [-0.2, -0.15) is 0 Å². The highest BCUT2D eigenvalue weighted by atomic mass is 32.2. The number of rotatable bonds is 15. The van der Waals surface area contributed by atoms with Crippen molar-refractivity contribution in [1.82, 2.24) is 20.1 Å². The Kier molecular flexibility index (Phi) is 12.7. The summed E-state index contributed by atoms with van der Waals surface area (Å²) in [6, 6.07) is 27.7. The molecule has 5 amide bonds. The fourth-order valence-electron chi connectivity index (χ4n) is 9.69. The summed E-state index contributed by atoms with van der Waals surface area (Å²) in [6.45, 7) is 1.81. The molecule has 1 unspecified atom stereocenters. The molecule has 0 saturated carbocycles. The molecule has 64 heavy (non-hydrogen) atoms. The molecule has 4 N–H and O–H groups in total. The van der Waals surface area contributed by atoms with Crippen LogP contribution >= 0.6 is 11.8 Å². The molecule has 4 atom stereocenters. The molecule has 5 heterocycles. The van der Waals surface area contributed by atoms with Gasteiger partial charge in [-0.3, -0.25) is 44.1 Å². The van der Waals surface area contributed by atoms with Crippen LogP contribution in [0, 0.1) is 11.7 Å². The van der Waals surface area contributed by atoms with E-state index >= 15 is 4.39 Å². The normalized spacial score (nSPS) is 20.4. The number of anilines is 2. The van der Waals surface area contributed by atoms with E-state index < -0.39 is 29.7 Å². The molecular formula is C50H49FN6O6S. The molecule has 0 aliphatic carbocycles. The number of pyridine rings is 1. The van der Waals surface area contributed by atoms with E-state index in [9.17, 15) is 29.1 Å². The SMILES string of the molecule is O=C1CCC(N2C(=O)c3cccc(SCCCc4ccc(CCCC(=O)Nc5cccc(-c6ccc7c(c6)[C@H]6[C@H](CCN6Cc6ccncc6)[C@@H](CO)N7)c5)c(F)c4)c3C2=O)C(=O)N1. The van der Waals surface area contributed by atoms with Crippen LogP contribution in [-0.4, -0.2) is 80.4 Å². The Labute approximate surface area is 375 Å². The number of benzene rings is 4. The van der Waals surface area contributed by atoms with Crippen molar-refractivity contribution < 1.29 is 33.5 Å². The lowest BCUT2D eigenvalue weighted by Crippen LogP contribution is -2.54. The van der Waals surface area contributed by atoms with Gasteiger partial charge in [0.05, 0.1) is 23.8 Å². The summed E-state index contributed by atoms with van der Waals surface area (Å²) >= 11 is 1.43. The molecule has 0 spiro atoms. The summed E-state index contributed by atoms with van der Waals surface area (Å²) in [4.78, 5) is 72.1. The molecule has 328 valence electrons. The summed E-state index contributed by atoms with van der Waals surface area (Å²) in [5, 5.41) is 19.1. The summed E-state index contributed by atoms with van der Waals surface area (Å²) in [6.07, 6.45) is 7.21. The Morgan fingerprint density at radius 1 is 0.875 bits per heavy atom. The first kappa shape index (κ1) is 43.1. The van der Waals surface area contributed by atoms with Crippen molar-refractivity contribution in [1.29, 1.82) is 0 Å². The topological polar surface area (TPSA) is 161 Å². The molecule has 5 aromatic rings. The maximum absolute atomic E-state index is 15.3. The lowest BCUT2D eigenvalue weighted by molar-refractivity contribution is -0.136. The van der Waals surface area contributed by atoms with Crippen LogP contribution in [0.15, 0.2) is 108 Å². The molecule has 2 saturated heterocycles. The number of aromatic nitrogens is 1. The van der Waals surface area contributed by atoms with Gasteiger partial charge in [0.2, 0.25) is 17.7 Å². The minimum atomic E-state index is -1.02. The fourth-order valence-corrected chi connectivity index (χ4v) is 10.7. The second-order valence-electron chi connectivity index (χ2n) is 16.9. The van der Waals surface area contributed by atoms with Crippen molar-refractivity contribution in [2.75, 3.05) is 29.5 Å². The average Bonchev–Trinajstić information content (AvgIpc) is 3.83. The average molecular weight is 881 g/mol. The lowest BCUT2D eigenvalue weighted by atomic mass is 9.82. The number of imide groups is 2. The number of amides is 5. The Morgan fingerprint density at radius 2 is 1.70 bits per heavy atom. The molecule has 0 radical (unpaired) electrons. The molecular weight excluding hydrogens is 832 g/mol. The molecule has 4 aliphatic rings. The van der Waals surface area contributed by atoms with Crippen LogP contribution in [0.5, 0.6) is 0 Å². The van der Waals surface area contributed by atoms with Crippen molar-refractivity contribution in [2.45, 2.75) is 80.9 Å². The van der Waals surface area contributed by atoms with E-state index in [0.717, 1.165) is 46.8 Å². The first-order valence-corrected chi connectivity index (χ1v) is 22.9. The van der Waals surface area contributed by atoms with Gasteiger partial charge in [-0.1, -0.05) is 36.4 Å². The van der Waals surface area contributed by atoms with Crippen LogP contribution in [0.2, 0.25) is 0 Å². The predicted molar refractivity (Wildman–Crippen MR) is 242 cm³/mol. The number of nitrogens with one attached hydrogen (secondary N) is 3. The van der Waals surface area contributed by atoms with Gasteiger partial charge in [-0.05, 0) is 139 Å². The van der Waals surface area contributed by atoms with E-state index in [4.69, 9.17) is 0 Å². The number of thioether (sulfide) groups is 1. The highest BCUT2D eigenvalue weighted by molar-refractivity contribution is 7.99. The number of carbonyl (C=O) groups excluding carboxylic acids is 5. The van der Waals surface area contributed by atoms with E-state index in [0.29, 0.717) is 47.6 Å². The number of hydrogen-bond acceptors (Lipinski definition) is 10. The van der Waals surface area contributed by atoms with E-state index in [1.54, 1.807) is 30.3 Å². The number of aliphatic hydroxyl groups is 1. The van der Waals surface area contributed by atoms with Gasteiger partial charge in [0, 0.05) is 60.0 Å². The third-order valence-corrected chi connectivity index (χ3v) is 14.0. The summed E-state index contributed by atoms with van der Waals surface area (Å²) in [7, 11) is 0. The standard InChI is InChI=1S/C50H49FN6O6S/c51-39-25-30(5-4-24-64-43-10-3-9-37-46(43)50(63)57(49(37)62)42-16-17-45(60)55-48(42)61)12-13-32(39)6-2-11-44(59)53-35-8-1-7-33(26-35)34-14-15-40-38(27-34)47-36(41(29-58)54-40)20-23-56(47)28-31-18-21-52-22-19-31/h1,3,7-10,12-15,18-19,21-22,25-27,36,41-42,47,54,58H,2,4-6,11,16-17,20,23-24,28-29H2,(H,53,59)(H,55,60,61)/t36-,41-,42?,47-/m1/s1. The number of nitrogens with zero attached hydrogens (tertiary/aromatic N) is 3. The summed E-state index contributed by atoms with van der Waals surface area (Å²) < 4.78 is 15.3. The number of halogens is 1. The second-order valence-corrected chi connectivity index (χ2v) is 18.1. The van der Waals surface area contributed by atoms with E-state index in [1.165, 1.54) is 22.9 Å². The van der Waals surface area contributed by atoms with Crippen LogP contribution in [0.3, 0.4) is 0 Å². The largest absolute Gasteiger partial charge is 0.394 e. The maximum atomic E-state index is 15.3. The van der Waals surface area contributed by atoms with Crippen LogP contribution < -0.4 is 16.0 Å². The predicted octanol–water partition coefficient (Wildman–Crippen LogP) is 7.32. The van der Waals surface area contributed by atoms with E-state index in [-0.39, 0.29) is 66.7 Å². The molecule has 14 heteroatoms. The van der Waals surface area contributed by atoms with Crippen LogP contribution in [0.4, 0.5) is 15.8 Å². The lowest BCUT2D eigenvalue weighted by Gasteiger charge is -2.39. The fraction of sp³-hybridized carbons (Fsp3) is 0.320. The van der Waals surface area contributed by atoms with Crippen molar-refractivity contribution in [3.8, 4) is 11.1 Å².